The van der Waals surface area contributed by atoms with Crippen LogP contribution >= 0.6 is 0 Å². The van der Waals surface area contributed by atoms with Crippen molar-refractivity contribution < 1.29 is 18.4 Å². The minimum absolute atomic E-state index is 0.0621. The Morgan fingerprint density at radius 3 is 1.77 bits per heavy atom. The lowest BCUT2D eigenvalue weighted by Gasteiger charge is -2.43. The van der Waals surface area contributed by atoms with Crippen LogP contribution in [0.3, 0.4) is 0 Å². The molecule has 0 radical (unpaired) electrons. The zero-order valence-electron chi connectivity index (χ0n) is 22.5. The smallest absolute Gasteiger partial charge is 0.410 e. The molecule has 1 amide bonds. The highest BCUT2D eigenvalue weighted by atomic mass is 28.4. The van der Waals surface area contributed by atoms with Gasteiger partial charge in [0.25, 0.3) is 0 Å². The molecule has 1 aliphatic rings. The Bertz CT molecular complexity index is 641. The summed E-state index contributed by atoms with van der Waals surface area (Å²) in [4.78, 5) is 15.0. The summed E-state index contributed by atoms with van der Waals surface area (Å²) in [5.74, 6) is 0. The summed E-state index contributed by atoms with van der Waals surface area (Å²) in [6.07, 6.45) is 1.85. The van der Waals surface area contributed by atoms with Gasteiger partial charge >= 0.3 is 6.09 Å². The van der Waals surface area contributed by atoms with E-state index in [1.165, 1.54) is 0 Å². The van der Waals surface area contributed by atoms with Gasteiger partial charge in [-0.05, 0) is 63.5 Å². The third-order valence-corrected chi connectivity index (χ3v) is 16.0. The number of rotatable bonds is 6. The van der Waals surface area contributed by atoms with Crippen LogP contribution < -0.4 is 0 Å². The second-order valence-electron chi connectivity index (χ2n) is 13.0. The molecule has 31 heavy (non-hydrogen) atoms. The highest BCUT2D eigenvalue weighted by Gasteiger charge is 2.52. The van der Waals surface area contributed by atoms with Crippen LogP contribution in [0.4, 0.5) is 4.79 Å². The van der Waals surface area contributed by atoms with Crippen LogP contribution in [0, 0.1) is 0 Å². The van der Waals surface area contributed by atoms with Crippen LogP contribution in [0.1, 0.15) is 68.7 Å². The predicted octanol–water partition coefficient (Wildman–Crippen LogP) is 6.96. The fourth-order valence-corrected chi connectivity index (χ4v) is 5.81. The van der Waals surface area contributed by atoms with Gasteiger partial charge in [0.05, 0.1) is 24.8 Å². The van der Waals surface area contributed by atoms with E-state index < -0.39 is 22.2 Å². The maximum absolute atomic E-state index is 13.1. The zero-order valence-corrected chi connectivity index (χ0v) is 24.5. The van der Waals surface area contributed by atoms with Crippen LogP contribution in [0.15, 0.2) is 12.7 Å². The molecule has 3 atom stereocenters. The molecule has 0 aromatic rings. The average Bonchev–Trinajstić information content (AvgIpc) is 2.81. The van der Waals surface area contributed by atoms with E-state index in [1.54, 1.807) is 0 Å². The molecule has 1 heterocycles. The number of likely N-dealkylation sites (tertiary alicyclic amines) is 1. The van der Waals surface area contributed by atoms with Gasteiger partial charge in [-0.2, -0.15) is 0 Å². The SMILES string of the molecule is C=CC[C@@H]1[C@H](O[Si](C)(C)C(C)(C)C)[C@H](O[Si](C)(C)C(C)(C)C)CN1C(=O)OC(C)(C)C. The fourth-order valence-electron chi connectivity index (χ4n) is 3.15. The van der Waals surface area contributed by atoms with Gasteiger partial charge < -0.3 is 13.6 Å². The third-order valence-electron chi connectivity index (χ3n) is 7.05. The zero-order chi connectivity index (χ0) is 24.6. The average molecular weight is 472 g/mol. The second kappa shape index (κ2) is 9.31. The normalized spacial score (nSPS) is 23.8. The quantitative estimate of drug-likeness (QED) is 0.310. The molecule has 0 bridgehead atoms. The number of carbonyl (C=O) groups excluding carboxylic acids is 1. The summed E-state index contributed by atoms with van der Waals surface area (Å²) in [5.41, 5.74) is -0.552. The number of hydrogen-bond donors (Lipinski definition) is 0. The van der Waals surface area contributed by atoms with Crippen molar-refractivity contribution in [2.45, 2.75) is 129 Å². The molecule has 1 fully saturated rings. The summed E-state index contributed by atoms with van der Waals surface area (Å²) in [6, 6.07) is -0.142. The Morgan fingerprint density at radius 1 is 0.935 bits per heavy atom. The van der Waals surface area contributed by atoms with Crippen LogP contribution in [0.25, 0.3) is 0 Å². The predicted molar refractivity (Wildman–Crippen MR) is 136 cm³/mol. The highest BCUT2D eigenvalue weighted by Crippen LogP contribution is 2.43. The molecular formula is C24H49NO4Si2. The number of amides is 1. The Hall–Kier alpha value is -0.636. The molecular weight excluding hydrogens is 422 g/mol. The van der Waals surface area contributed by atoms with E-state index in [-0.39, 0.29) is 34.4 Å². The molecule has 0 aromatic carbocycles. The third kappa shape index (κ3) is 7.17. The maximum Gasteiger partial charge on any atom is 0.410 e. The highest BCUT2D eigenvalue weighted by molar-refractivity contribution is 6.74. The first-order valence-corrected chi connectivity index (χ1v) is 17.4. The number of nitrogens with zero attached hydrogens (tertiary/aromatic N) is 1. The lowest BCUT2D eigenvalue weighted by atomic mass is 10.1. The van der Waals surface area contributed by atoms with Gasteiger partial charge in [0.1, 0.15) is 5.60 Å². The van der Waals surface area contributed by atoms with Crippen molar-refractivity contribution in [1.29, 1.82) is 0 Å². The van der Waals surface area contributed by atoms with E-state index in [4.69, 9.17) is 13.6 Å². The molecule has 1 aliphatic heterocycles. The van der Waals surface area contributed by atoms with Crippen molar-refractivity contribution in [3.8, 4) is 0 Å². The molecule has 0 spiro atoms. The Balaban J connectivity index is 3.39. The molecule has 1 rings (SSSR count). The summed E-state index contributed by atoms with van der Waals surface area (Å²) in [5, 5.41) is 0.133. The van der Waals surface area contributed by atoms with E-state index >= 15 is 0 Å². The van der Waals surface area contributed by atoms with Crippen molar-refractivity contribution in [2.75, 3.05) is 6.54 Å². The minimum Gasteiger partial charge on any atom is -0.444 e. The van der Waals surface area contributed by atoms with E-state index in [9.17, 15) is 4.79 Å². The summed E-state index contributed by atoms with van der Waals surface area (Å²) in [6.45, 7) is 32.6. The van der Waals surface area contributed by atoms with Crippen molar-refractivity contribution in [1.82, 2.24) is 4.90 Å². The number of ether oxygens (including phenoxy) is 1. The first-order chi connectivity index (χ1) is 13.6. The molecule has 0 saturated carbocycles. The van der Waals surface area contributed by atoms with Crippen LogP contribution in [-0.2, 0) is 13.6 Å². The number of carbonyl (C=O) groups is 1. The van der Waals surface area contributed by atoms with Gasteiger partial charge in [-0.3, -0.25) is 4.90 Å². The molecule has 0 unspecified atom stereocenters. The molecule has 7 heteroatoms. The van der Waals surface area contributed by atoms with Gasteiger partial charge in [-0.15, -0.1) is 6.58 Å². The monoisotopic (exact) mass is 471 g/mol. The van der Waals surface area contributed by atoms with E-state index in [1.807, 2.05) is 31.7 Å². The molecule has 0 aromatic heterocycles. The van der Waals surface area contributed by atoms with Gasteiger partial charge in [0, 0.05) is 0 Å². The lowest BCUT2D eigenvalue weighted by Crippen LogP contribution is -2.53. The largest absolute Gasteiger partial charge is 0.444 e. The van der Waals surface area contributed by atoms with Gasteiger partial charge in [0.2, 0.25) is 0 Å². The van der Waals surface area contributed by atoms with Crippen molar-refractivity contribution in [3.05, 3.63) is 12.7 Å². The van der Waals surface area contributed by atoms with Crippen LogP contribution in [0.2, 0.25) is 36.3 Å². The van der Waals surface area contributed by atoms with Crippen molar-refractivity contribution in [2.24, 2.45) is 0 Å². The number of hydrogen-bond acceptors (Lipinski definition) is 4. The van der Waals surface area contributed by atoms with Crippen molar-refractivity contribution in [3.63, 3.8) is 0 Å². The Morgan fingerprint density at radius 2 is 1.39 bits per heavy atom. The lowest BCUT2D eigenvalue weighted by molar-refractivity contribution is 0.0162. The maximum atomic E-state index is 13.1. The fraction of sp³-hybridized carbons (Fsp3) is 0.875. The molecule has 0 N–H and O–H groups in total. The minimum atomic E-state index is -2.09. The van der Waals surface area contributed by atoms with Crippen LogP contribution in [-0.4, -0.2) is 58.0 Å². The molecule has 1 saturated heterocycles. The van der Waals surface area contributed by atoms with E-state index in [2.05, 4.69) is 74.3 Å². The molecule has 182 valence electrons. The topological polar surface area (TPSA) is 48.0 Å². The van der Waals surface area contributed by atoms with Gasteiger partial charge in [0.15, 0.2) is 16.6 Å². The van der Waals surface area contributed by atoms with E-state index in [0.717, 1.165) is 0 Å². The van der Waals surface area contributed by atoms with Gasteiger partial charge in [-0.25, -0.2) is 4.79 Å². The standard InChI is InChI=1S/C24H49NO4Si2/c1-15-16-18-20(29-31(13,14)24(8,9)10)19(28-30(11,12)23(5,6)7)17-25(18)21(26)27-22(2,3)4/h15,18-20H,1,16-17H2,2-14H3/t18-,19-,20+/m1/s1. The van der Waals surface area contributed by atoms with Crippen molar-refractivity contribution >= 4 is 22.7 Å². The summed E-state index contributed by atoms with van der Waals surface area (Å²) in [7, 11) is -4.16. The molecule has 5 nitrogen and oxygen atoms in total. The van der Waals surface area contributed by atoms with Crippen LogP contribution in [0.5, 0.6) is 0 Å². The first-order valence-electron chi connectivity index (χ1n) is 11.6. The van der Waals surface area contributed by atoms with Gasteiger partial charge in [-0.1, -0.05) is 47.6 Å². The second-order valence-corrected chi connectivity index (χ2v) is 22.5. The Labute approximate surface area is 194 Å². The first kappa shape index (κ1) is 28.4. The van der Waals surface area contributed by atoms with E-state index in [0.29, 0.717) is 13.0 Å². The summed E-state index contributed by atoms with van der Waals surface area (Å²) < 4.78 is 19.6. The Kier molecular flexibility index (Phi) is 8.53. The summed E-state index contributed by atoms with van der Waals surface area (Å²) >= 11 is 0. The molecule has 0 aliphatic carbocycles.